The first-order valence-corrected chi connectivity index (χ1v) is 25.9. The van der Waals surface area contributed by atoms with Gasteiger partial charge in [-0.05, 0) is 96.3 Å². The van der Waals surface area contributed by atoms with Crippen LogP contribution in [0.2, 0.25) is 0 Å². The molecule has 0 fully saturated rings. The van der Waals surface area contributed by atoms with Crippen LogP contribution in [0.5, 0.6) is 0 Å². The number of hydrogen-bond acceptors (Lipinski definition) is 6. The highest BCUT2D eigenvalue weighted by atomic mass is 16.6. The highest BCUT2D eigenvalue weighted by Gasteiger charge is 2.19. The van der Waals surface area contributed by atoms with E-state index in [2.05, 4.69) is 130 Å². The molecule has 0 rings (SSSR count). The van der Waals surface area contributed by atoms with E-state index in [4.69, 9.17) is 14.2 Å². The van der Waals surface area contributed by atoms with E-state index in [1.54, 1.807) is 0 Å². The second-order valence-electron chi connectivity index (χ2n) is 16.7. The van der Waals surface area contributed by atoms with Crippen molar-refractivity contribution >= 4 is 17.9 Å². The quantitative estimate of drug-likeness (QED) is 0.0262. The molecule has 0 saturated heterocycles. The Morgan fingerprint density at radius 1 is 0.328 bits per heavy atom. The van der Waals surface area contributed by atoms with Crippen LogP contribution in [-0.4, -0.2) is 37.2 Å². The zero-order chi connectivity index (χ0) is 46.5. The van der Waals surface area contributed by atoms with Gasteiger partial charge in [0.05, 0.1) is 0 Å². The highest BCUT2D eigenvalue weighted by molar-refractivity contribution is 5.71. The van der Waals surface area contributed by atoms with Crippen LogP contribution in [0.25, 0.3) is 0 Å². The van der Waals surface area contributed by atoms with Gasteiger partial charge in [0.2, 0.25) is 0 Å². The van der Waals surface area contributed by atoms with Crippen molar-refractivity contribution in [2.24, 2.45) is 0 Å². The molecule has 0 aromatic rings. The number of hydrogen-bond donors (Lipinski definition) is 0. The summed E-state index contributed by atoms with van der Waals surface area (Å²) in [6, 6.07) is 0. The summed E-state index contributed by atoms with van der Waals surface area (Å²) in [7, 11) is 0. The lowest BCUT2D eigenvalue weighted by molar-refractivity contribution is -0.167. The lowest BCUT2D eigenvalue weighted by Crippen LogP contribution is -2.30. The van der Waals surface area contributed by atoms with Gasteiger partial charge in [0.25, 0.3) is 0 Å². The van der Waals surface area contributed by atoms with Crippen LogP contribution < -0.4 is 0 Å². The second kappa shape index (κ2) is 51.7. The highest BCUT2D eigenvalue weighted by Crippen LogP contribution is 2.14. The van der Waals surface area contributed by atoms with E-state index in [0.717, 1.165) is 96.3 Å². The summed E-state index contributed by atoms with van der Waals surface area (Å²) in [5.74, 6) is -1.02. The van der Waals surface area contributed by atoms with Gasteiger partial charge in [-0.3, -0.25) is 14.4 Å². The minimum atomic E-state index is -0.822. The molecule has 362 valence electrons. The first-order valence-electron chi connectivity index (χ1n) is 25.9. The van der Waals surface area contributed by atoms with E-state index in [1.165, 1.54) is 70.6 Å². The van der Waals surface area contributed by atoms with Crippen molar-refractivity contribution in [1.82, 2.24) is 0 Å². The molecule has 0 unspecified atom stereocenters. The average Bonchev–Trinajstić information content (AvgIpc) is 3.29. The Bertz CT molecular complexity index is 1340. The minimum Gasteiger partial charge on any atom is -0.462 e. The number of unbranched alkanes of at least 4 members (excludes halogenated alkanes) is 16. The van der Waals surface area contributed by atoms with E-state index in [-0.39, 0.29) is 44.0 Å². The largest absolute Gasteiger partial charge is 0.462 e. The fourth-order valence-corrected chi connectivity index (χ4v) is 6.70. The first-order chi connectivity index (χ1) is 31.5. The molecule has 0 radical (unpaired) electrons. The van der Waals surface area contributed by atoms with Gasteiger partial charge in [-0.1, -0.05) is 214 Å². The Morgan fingerprint density at radius 3 is 1.02 bits per heavy atom. The van der Waals surface area contributed by atoms with Gasteiger partial charge in [0.15, 0.2) is 6.10 Å². The van der Waals surface area contributed by atoms with Crippen molar-refractivity contribution in [3.8, 4) is 0 Å². The fourth-order valence-electron chi connectivity index (χ4n) is 6.70. The summed E-state index contributed by atoms with van der Waals surface area (Å²) in [6.45, 7) is 6.32. The molecule has 6 heteroatoms. The van der Waals surface area contributed by atoms with Gasteiger partial charge in [-0.15, -0.1) is 0 Å². The molecule has 0 aliphatic carbocycles. The normalized spacial score (nSPS) is 13.0. The molecule has 0 aliphatic heterocycles. The standard InChI is InChI=1S/C58H94O6/c1-4-7-10-13-16-19-22-25-28-29-31-33-36-39-42-45-48-51-57(60)63-54-55(53-62-56(59)50-47-44-41-38-35-32-27-24-21-18-15-12-9-6-3)64-58(61)52-49-46-43-40-37-34-30-26-23-20-17-14-11-8-5-2/h7-8,10-11,16-17,19-20,25-26,28,30-31,33,37,39-40,42,55H,4-6,9,12-15,18,21-24,27,29,32,34-36,38,41,43-54H2,1-3H3/b10-7-,11-8-,19-16-,20-17-,28-25-,30-26-,33-31-,40-37-,42-39-/t55-/m1/s1. The third kappa shape index (κ3) is 49.1. The molecule has 0 aromatic heterocycles. The maximum Gasteiger partial charge on any atom is 0.306 e. The Morgan fingerprint density at radius 2 is 0.625 bits per heavy atom. The van der Waals surface area contributed by atoms with Crippen molar-refractivity contribution < 1.29 is 28.6 Å². The van der Waals surface area contributed by atoms with E-state index in [1.807, 2.05) is 0 Å². The van der Waals surface area contributed by atoms with Crippen LogP contribution in [0.4, 0.5) is 0 Å². The molecule has 0 bridgehead atoms. The Hall–Kier alpha value is -3.93. The monoisotopic (exact) mass is 887 g/mol. The van der Waals surface area contributed by atoms with E-state index in [9.17, 15) is 14.4 Å². The molecule has 0 spiro atoms. The average molecular weight is 887 g/mol. The molecular weight excluding hydrogens is 793 g/mol. The smallest absolute Gasteiger partial charge is 0.306 e. The molecule has 6 nitrogen and oxygen atoms in total. The second-order valence-corrected chi connectivity index (χ2v) is 16.7. The summed E-state index contributed by atoms with van der Waals surface area (Å²) < 4.78 is 16.7. The van der Waals surface area contributed by atoms with Gasteiger partial charge in [-0.25, -0.2) is 0 Å². The molecule has 0 saturated carbocycles. The van der Waals surface area contributed by atoms with Gasteiger partial charge < -0.3 is 14.2 Å². The van der Waals surface area contributed by atoms with Crippen molar-refractivity contribution in [3.63, 3.8) is 0 Å². The first kappa shape index (κ1) is 60.1. The summed E-state index contributed by atoms with van der Waals surface area (Å²) in [6.07, 6.45) is 69.4. The summed E-state index contributed by atoms with van der Waals surface area (Å²) >= 11 is 0. The number of rotatable bonds is 45. The van der Waals surface area contributed by atoms with Crippen LogP contribution >= 0.6 is 0 Å². The fraction of sp³-hybridized carbons (Fsp3) is 0.638. The predicted octanol–water partition coefficient (Wildman–Crippen LogP) is 17.1. The van der Waals surface area contributed by atoms with Gasteiger partial charge >= 0.3 is 17.9 Å². The lowest BCUT2D eigenvalue weighted by atomic mass is 10.0. The number of carbonyl (C=O) groups excluding carboxylic acids is 3. The van der Waals surface area contributed by atoms with Crippen LogP contribution in [0, 0.1) is 0 Å². The zero-order valence-electron chi connectivity index (χ0n) is 41.3. The van der Waals surface area contributed by atoms with Crippen molar-refractivity contribution in [1.29, 1.82) is 0 Å². The van der Waals surface area contributed by atoms with Crippen molar-refractivity contribution in [2.75, 3.05) is 13.2 Å². The van der Waals surface area contributed by atoms with Crippen LogP contribution in [-0.2, 0) is 28.6 Å². The van der Waals surface area contributed by atoms with Crippen LogP contribution in [0.1, 0.15) is 220 Å². The SMILES string of the molecule is CC/C=C\C/C=C\C/C=C\C/C=C\C/C=C\CCCC(=O)OC[C@@H](COC(=O)CCCCCCCCCCCCCCCC)OC(=O)CCCC/C=C\C/C=C\C/C=C\C/C=C\CC. The van der Waals surface area contributed by atoms with Gasteiger partial charge in [0.1, 0.15) is 13.2 Å². The number of allylic oxidation sites excluding steroid dienone is 18. The van der Waals surface area contributed by atoms with Crippen LogP contribution in [0.15, 0.2) is 109 Å². The Labute approximate surface area is 393 Å². The Kier molecular flexibility index (Phi) is 48.5. The molecular formula is C58H94O6. The molecule has 0 amide bonds. The number of carbonyl (C=O) groups is 3. The third-order valence-electron chi connectivity index (χ3n) is 10.5. The lowest BCUT2D eigenvalue weighted by Gasteiger charge is -2.18. The minimum absolute atomic E-state index is 0.113. The molecule has 1 atom stereocenters. The zero-order valence-corrected chi connectivity index (χ0v) is 41.3. The van der Waals surface area contributed by atoms with Crippen LogP contribution in [0.3, 0.4) is 0 Å². The summed E-state index contributed by atoms with van der Waals surface area (Å²) in [5, 5.41) is 0. The predicted molar refractivity (Wildman–Crippen MR) is 274 cm³/mol. The van der Waals surface area contributed by atoms with E-state index in [0.29, 0.717) is 19.3 Å². The summed E-state index contributed by atoms with van der Waals surface area (Å²) in [4.78, 5) is 38.0. The molecule has 0 N–H and O–H groups in total. The maximum absolute atomic E-state index is 12.8. The Balaban J connectivity index is 4.55. The van der Waals surface area contributed by atoms with Crippen molar-refractivity contribution in [3.05, 3.63) is 109 Å². The van der Waals surface area contributed by atoms with E-state index < -0.39 is 6.10 Å². The third-order valence-corrected chi connectivity index (χ3v) is 10.5. The molecule has 0 aliphatic rings. The number of esters is 3. The van der Waals surface area contributed by atoms with Gasteiger partial charge in [0, 0.05) is 19.3 Å². The molecule has 0 aromatic carbocycles. The number of ether oxygens (including phenoxy) is 3. The molecule has 64 heavy (non-hydrogen) atoms. The maximum atomic E-state index is 12.8. The topological polar surface area (TPSA) is 78.9 Å². The molecule has 0 heterocycles. The van der Waals surface area contributed by atoms with E-state index >= 15 is 0 Å². The van der Waals surface area contributed by atoms with Crippen molar-refractivity contribution in [2.45, 2.75) is 226 Å². The van der Waals surface area contributed by atoms with Gasteiger partial charge in [-0.2, -0.15) is 0 Å². The summed E-state index contributed by atoms with van der Waals surface area (Å²) in [5.41, 5.74) is 0.